The molecule has 1 aromatic carbocycles. The van der Waals surface area contributed by atoms with Crippen LogP contribution in [-0.4, -0.2) is 61.6 Å². The van der Waals surface area contributed by atoms with Crippen LogP contribution >= 0.6 is 0 Å². The van der Waals surface area contributed by atoms with Crippen LogP contribution in [0.15, 0.2) is 24.3 Å². The molecule has 0 amide bonds. The third kappa shape index (κ3) is 7.40. The van der Waals surface area contributed by atoms with Crippen molar-refractivity contribution < 1.29 is 29.3 Å². The number of hydrogen-bond donors (Lipinski definition) is 3. The van der Waals surface area contributed by atoms with Gasteiger partial charge >= 0.3 is 11.9 Å². The molecule has 0 aromatic heterocycles. The van der Waals surface area contributed by atoms with Crippen LogP contribution in [0.1, 0.15) is 19.3 Å². The predicted octanol–water partition coefficient (Wildman–Crippen LogP) is 1.19. The van der Waals surface area contributed by atoms with Gasteiger partial charge in [0.15, 0.2) is 0 Å². The summed E-state index contributed by atoms with van der Waals surface area (Å²) in [6, 6.07) is 8.19. The van der Waals surface area contributed by atoms with Gasteiger partial charge < -0.3 is 30.3 Å². The van der Waals surface area contributed by atoms with Gasteiger partial charge in [-0.25, -0.2) is 9.59 Å². The van der Waals surface area contributed by atoms with Crippen LogP contribution in [0, 0.1) is 0 Å². The lowest BCUT2D eigenvalue weighted by Crippen LogP contribution is -2.37. The van der Waals surface area contributed by atoms with E-state index in [1.54, 1.807) is 7.11 Å². The number of methoxy groups -OCH3 is 1. The van der Waals surface area contributed by atoms with Crippen molar-refractivity contribution in [2.45, 2.75) is 25.4 Å². The van der Waals surface area contributed by atoms with Gasteiger partial charge in [-0.3, -0.25) is 0 Å². The number of carbonyl (C=O) groups is 2. The SMILES string of the molecule is COc1ccccc1N1CCC(OCCCN)CC1.O=C(O)C(=O)O. The summed E-state index contributed by atoms with van der Waals surface area (Å²) < 4.78 is 11.2. The first kappa shape index (κ1) is 20.7. The summed E-state index contributed by atoms with van der Waals surface area (Å²) in [6.07, 6.45) is 3.48. The van der Waals surface area contributed by atoms with E-state index in [1.807, 2.05) is 12.1 Å². The number of carboxylic acids is 2. The van der Waals surface area contributed by atoms with Gasteiger partial charge in [0.25, 0.3) is 0 Å². The fourth-order valence-electron chi connectivity index (χ4n) is 2.49. The number of carboxylic acid groups (broad SMARTS) is 2. The van der Waals surface area contributed by atoms with Crippen molar-refractivity contribution in [1.29, 1.82) is 0 Å². The lowest BCUT2D eigenvalue weighted by Gasteiger charge is -2.34. The topological polar surface area (TPSA) is 122 Å². The maximum absolute atomic E-state index is 9.10. The van der Waals surface area contributed by atoms with Crippen LogP contribution in [-0.2, 0) is 14.3 Å². The van der Waals surface area contributed by atoms with Crippen LogP contribution < -0.4 is 15.4 Å². The van der Waals surface area contributed by atoms with E-state index in [0.717, 1.165) is 44.7 Å². The predicted molar refractivity (Wildman–Crippen MR) is 93.1 cm³/mol. The molecule has 8 nitrogen and oxygen atoms in total. The smallest absolute Gasteiger partial charge is 0.414 e. The van der Waals surface area contributed by atoms with E-state index < -0.39 is 11.9 Å². The Hall–Kier alpha value is -2.32. The Bertz CT molecular complexity index is 532. The fourth-order valence-corrected chi connectivity index (χ4v) is 2.49. The molecule has 2 rings (SSSR count). The van der Waals surface area contributed by atoms with Crippen molar-refractivity contribution >= 4 is 17.6 Å². The Morgan fingerprint density at radius 3 is 2.32 bits per heavy atom. The number of benzene rings is 1. The second-order valence-corrected chi connectivity index (χ2v) is 5.48. The summed E-state index contributed by atoms with van der Waals surface area (Å²) >= 11 is 0. The van der Waals surface area contributed by atoms with Crippen molar-refractivity contribution in [1.82, 2.24) is 0 Å². The molecular formula is C17H26N2O6. The summed E-state index contributed by atoms with van der Waals surface area (Å²) in [5.41, 5.74) is 6.66. The Morgan fingerprint density at radius 2 is 1.80 bits per heavy atom. The molecule has 1 saturated heterocycles. The number of para-hydroxylation sites is 2. The summed E-state index contributed by atoms with van der Waals surface area (Å²) in [4.78, 5) is 20.6. The van der Waals surface area contributed by atoms with Gasteiger partial charge in [0.1, 0.15) is 5.75 Å². The van der Waals surface area contributed by atoms with E-state index in [2.05, 4.69) is 17.0 Å². The lowest BCUT2D eigenvalue weighted by atomic mass is 10.1. The molecule has 8 heteroatoms. The van der Waals surface area contributed by atoms with Gasteiger partial charge in [0, 0.05) is 19.7 Å². The van der Waals surface area contributed by atoms with Crippen LogP contribution in [0.2, 0.25) is 0 Å². The molecule has 0 atom stereocenters. The third-order valence-electron chi connectivity index (χ3n) is 3.75. The van der Waals surface area contributed by atoms with Crippen LogP contribution in [0.3, 0.4) is 0 Å². The molecule has 4 N–H and O–H groups in total. The zero-order valence-electron chi connectivity index (χ0n) is 14.4. The second kappa shape index (κ2) is 11.3. The van der Waals surface area contributed by atoms with Gasteiger partial charge in [-0.1, -0.05) is 12.1 Å². The van der Waals surface area contributed by atoms with Crippen molar-refractivity contribution in [3.63, 3.8) is 0 Å². The number of nitrogens with zero attached hydrogens (tertiary/aromatic N) is 1. The maximum Gasteiger partial charge on any atom is 0.414 e. The highest BCUT2D eigenvalue weighted by Crippen LogP contribution is 2.30. The summed E-state index contributed by atoms with van der Waals surface area (Å²) in [6.45, 7) is 3.54. The van der Waals surface area contributed by atoms with E-state index in [1.165, 1.54) is 5.69 Å². The largest absolute Gasteiger partial charge is 0.495 e. The standard InChI is InChI=1S/C15H24N2O2.C2H2O4/c1-18-15-6-3-2-5-14(15)17-10-7-13(8-11-17)19-12-4-9-16;3-1(4)2(5)6/h2-3,5-6,13H,4,7-12,16H2,1H3;(H,3,4)(H,5,6). The molecule has 0 unspecified atom stereocenters. The van der Waals surface area contributed by atoms with Gasteiger partial charge in [-0.15, -0.1) is 0 Å². The highest BCUT2D eigenvalue weighted by molar-refractivity contribution is 6.27. The van der Waals surface area contributed by atoms with E-state index in [0.29, 0.717) is 12.6 Å². The number of aliphatic carboxylic acids is 2. The molecular weight excluding hydrogens is 328 g/mol. The first-order valence-electron chi connectivity index (χ1n) is 8.15. The van der Waals surface area contributed by atoms with Crippen LogP contribution in [0.4, 0.5) is 5.69 Å². The molecule has 0 radical (unpaired) electrons. The highest BCUT2D eigenvalue weighted by atomic mass is 16.5. The molecule has 1 heterocycles. The number of nitrogens with two attached hydrogens (primary N) is 1. The minimum atomic E-state index is -1.82. The van der Waals surface area contributed by atoms with Gasteiger partial charge in [0.05, 0.1) is 18.9 Å². The second-order valence-electron chi connectivity index (χ2n) is 5.48. The number of piperidine rings is 1. The number of ether oxygens (including phenoxy) is 2. The monoisotopic (exact) mass is 354 g/mol. The van der Waals surface area contributed by atoms with Gasteiger partial charge in [-0.2, -0.15) is 0 Å². The first-order valence-corrected chi connectivity index (χ1v) is 8.15. The van der Waals surface area contributed by atoms with Crippen molar-refractivity contribution in [2.75, 3.05) is 38.3 Å². The molecule has 140 valence electrons. The average Bonchev–Trinajstić information content (AvgIpc) is 2.63. The summed E-state index contributed by atoms with van der Waals surface area (Å²) in [7, 11) is 1.72. The maximum atomic E-state index is 9.10. The van der Waals surface area contributed by atoms with E-state index in [-0.39, 0.29) is 0 Å². The number of anilines is 1. The minimum absolute atomic E-state index is 0.387. The van der Waals surface area contributed by atoms with Crippen molar-refractivity contribution in [2.24, 2.45) is 5.73 Å². The van der Waals surface area contributed by atoms with Crippen LogP contribution in [0.5, 0.6) is 5.75 Å². The molecule has 0 bridgehead atoms. The van der Waals surface area contributed by atoms with E-state index in [4.69, 9.17) is 35.0 Å². The molecule has 1 aliphatic heterocycles. The number of hydrogen-bond acceptors (Lipinski definition) is 6. The first-order chi connectivity index (χ1) is 12.0. The zero-order chi connectivity index (χ0) is 18.7. The van der Waals surface area contributed by atoms with Crippen LogP contribution in [0.25, 0.3) is 0 Å². The van der Waals surface area contributed by atoms with E-state index in [9.17, 15) is 0 Å². The molecule has 0 saturated carbocycles. The van der Waals surface area contributed by atoms with Gasteiger partial charge in [0.2, 0.25) is 0 Å². The molecule has 1 aromatic rings. The van der Waals surface area contributed by atoms with Gasteiger partial charge in [-0.05, 0) is 37.9 Å². The Labute approximate surface area is 147 Å². The molecule has 1 aliphatic rings. The molecule has 0 aliphatic carbocycles. The average molecular weight is 354 g/mol. The zero-order valence-corrected chi connectivity index (χ0v) is 14.4. The minimum Gasteiger partial charge on any atom is -0.495 e. The molecule has 0 spiro atoms. The van der Waals surface area contributed by atoms with Crippen molar-refractivity contribution in [3.05, 3.63) is 24.3 Å². The fraction of sp³-hybridized carbons (Fsp3) is 0.529. The third-order valence-corrected chi connectivity index (χ3v) is 3.75. The Balaban J connectivity index is 0.000000450. The van der Waals surface area contributed by atoms with Crippen molar-refractivity contribution in [3.8, 4) is 5.75 Å². The van der Waals surface area contributed by atoms with E-state index >= 15 is 0 Å². The highest BCUT2D eigenvalue weighted by Gasteiger charge is 2.21. The number of rotatable bonds is 6. The molecule has 1 fully saturated rings. The Morgan fingerprint density at radius 1 is 1.20 bits per heavy atom. The normalized spacial score (nSPS) is 14.4. The summed E-state index contributed by atoms with van der Waals surface area (Å²) in [5, 5.41) is 14.8. The quantitative estimate of drug-likeness (QED) is 0.514. The lowest BCUT2D eigenvalue weighted by molar-refractivity contribution is -0.159. The Kier molecular flexibility index (Phi) is 9.34. The summed E-state index contributed by atoms with van der Waals surface area (Å²) in [5.74, 6) is -2.70. The molecule has 25 heavy (non-hydrogen) atoms.